The second kappa shape index (κ2) is 8.47. The third-order valence-corrected chi connectivity index (χ3v) is 3.01. The fourth-order valence-electron chi connectivity index (χ4n) is 1.38. The van der Waals surface area contributed by atoms with Crippen molar-refractivity contribution in [3.8, 4) is 6.07 Å². The molecule has 106 valence electrons. The first-order chi connectivity index (χ1) is 9.58. The average Bonchev–Trinajstić information content (AvgIpc) is 2.42. The Morgan fingerprint density at radius 2 is 2.20 bits per heavy atom. The van der Waals surface area contributed by atoms with Gasteiger partial charge in [0.2, 0.25) is 0 Å². The van der Waals surface area contributed by atoms with Gasteiger partial charge in [0.15, 0.2) is 0 Å². The summed E-state index contributed by atoms with van der Waals surface area (Å²) in [4.78, 5) is 11.9. The highest BCUT2D eigenvalue weighted by Gasteiger charge is 2.11. The van der Waals surface area contributed by atoms with Crippen LogP contribution in [0.5, 0.6) is 0 Å². The Kier molecular flexibility index (Phi) is 6.92. The molecule has 20 heavy (non-hydrogen) atoms. The summed E-state index contributed by atoms with van der Waals surface area (Å²) in [7, 11) is 0. The van der Waals surface area contributed by atoms with Gasteiger partial charge in [-0.05, 0) is 24.6 Å². The van der Waals surface area contributed by atoms with Gasteiger partial charge < -0.3 is 10.6 Å². The number of amides is 1. The van der Waals surface area contributed by atoms with Crippen LogP contribution in [0.3, 0.4) is 0 Å². The van der Waals surface area contributed by atoms with Crippen molar-refractivity contribution >= 4 is 34.8 Å². The van der Waals surface area contributed by atoms with Gasteiger partial charge in [0.25, 0.3) is 5.91 Å². The summed E-state index contributed by atoms with van der Waals surface area (Å²) in [5.41, 5.74) is 0.405. The smallest absolute Gasteiger partial charge is 0.267 e. The second-order valence-electron chi connectivity index (χ2n) is 4.06. The molecule has 0 aliphatic heterocycles. The third-order valence-electron chi connectivity index (χ3n) is 2.47. The van der Waals surface area contributed by atoms with Crippen molar-refractivity contribution in [3.63, 3.8) is 0 Å². The van der Waals surface area contributed by atoms with Crippen molar-refractivity contribution in [3.05, 3.63) is 40.0 Å². The summed E-state index contributed by atoms with van der Waals surface area (Å²) in [6.45, 7) is 2.78. The van der Waals surface area contributed by atoms with E-state index in [0.717, 1.165) is 19.4 Å². The number of rotatable bonds is 6. The predicted molar refractivity (Wildman–Crippen MR) is 81.7 cm³/mol. The normalized spacial score (nSPS) is 10.8. The van der Waals surface area contributed by atoms with Gasteiger partial charge in [-0.25, -0.2) is 0 Å². The van der Waals surface area contributed by atoms with E-state index in [2.05, 4.69) is 17.6 Å². The molecule has 0 atom stereocenters. The number of halogens is 2. The average molecular weight is 312 g/mol. The third kappa shape index (κ3) is 5.12. The number of nitrogens with zero attached hydrogens (tertiary/aromatic N) is 1. The first-order valence-electron chi connectivity index (χ1n) is 6.18. The number of benzene rings is 1. The van der Waals surface area contributed by atoms with Gasteiger partial charge in [-0.3, -0.25) is 4.79 Å². The van der Waals surface area contributed by atoms with E-state index in [9.17, 15) is 4.79 Å². The minimum absolute atomic E-state index is 0.00730. The minimum Gasteiger partial charge on any atom is -0.390 e. The van der Waals surface area contributed by atoms with E-state index in [1.807, 2.05) is 6.07 Å². The van der Waals surface area contributed by atoms with Crippen molar-refractivity contribution in [2.24, 2.45) is 0 Å². The van der Waals surface area contributed by atoms with Crippen LogP contribution in [0.25, 0.3) is 0 Å². The molecule has 0 saturated heterocycles. The summed E-state index contributed by atoms with van der Waals surface area (Å²) in [6.07, 6.45) is 3.42. The lowest BCUT2D eigenvalue weighted by molar-refractivity contribution is -0.112. The van der Waals surface area contributed by atoms with Crippen LogP contribution in [-0.4, -0.2) is 12.5 Å². The molecule has 4 nitrogen and oxygen atoms in total. The lowest BCUT2D eigenvalue weighted by Gasteiger charge is -2.07. The van der Waals surface area contributed by atoms with Gasteiger partial charge in [-0.2, -0.15) is 5.26 Å². The first-order valence-corrected chi connectivity index (χ1v) is 6.94. The van der Waals surface area contributed by atoms with Crippen molar-refractivity contribution in [1.82, 2.24) is 5.32 Å². The lowest BCUT2D eigenvalue weighted by atomic mass is 10.2. The molecule has 0 spiro atoms. The first kappa shape index (κ1) is 16.4. The number of carbonyl (C=O) groups excluding carboxylic acids is 1. The van der Waals surface area contributed by atoms with Crippen LogP contribution in [0.1, 0.15) is 19.8 Å². The summed E-state index contributed by atoms with van der Waals surface area (Å²) in [5, 5.41) is 15.3. The number of nitriles is 1. The Morgan fingerprint density at radius 3 is 2.80 bits per heavy atom. The SMILES string of the molecule is CCCCN/C=C(/C#N)C(=O)Nc1ccc(Cl)cc1Cl. The van der Waals surface area contributed by atoms with E-state index in [0.29, 0.717) is 15.7 Å². The maximum Gasteiger partial charge on any atom is 0.267 e. The van der Waals surface area contributed by atoms with Crippen LogP contribution in [0.2, 0.25) is 10.0 Å². The Morgan fingerprint density at radius 1 is 1.45 bits per heavy atom. The molecule has 2 N–H and O–H groups in total. The number of unbranched alkanes of at least 4 members (excludes halogenated alkanes) is 1. The molecule has 0 aromatic heterocycles. The zero-order chi connectivity index (χ0) is 15.0. The van der Waals surface area contributed by atoms with Crippen molar-refractivity contribution in [1.29, 1.82) is 5.26 Å². The molecule has 0 heterocycles. The summed E-state index contributed by atoms with van der Waals surface area (Å²) in [5.74, 6) is -0.513. The second-order valence-corrected chi connectivity index (χ2v) is 4.90. The van der Waals surface area contributed by atoms with Crippen LogP contribution in [0.15, 0.2) is 30.0 Å². The van der Waals surface area contributed by atoms with Gasteiger partial charge in [0.1, 0.15) is 11.6 Å². The van der Waals surface area contributed by atoms with E-state index < -0.39 is 5.91 Å². The molecule has 1 amide bonds. The number of hydrogen-bond donors (Lipinski definition) is 2. The van der Waals surface area contributed by atoms with Crippen LogP contribution < -0.4 is 10.6 Å². The monoisotopic (exact) mass is 311 g/mol. The molecule has 0 fully saturated rings. The molecular weight excluding hydrogens is 297 g/mol. The van der Waals surface area contributed by atoms with Gasteiger partial charge in [0, 0.05) is 17.8 Å². The molecule has 0 saturated carbocycles. The quantitative estimate of drug-likeness (QED) is 0.478. The maximum absolute atomic E-state index is 11.9. The molecule has 1 aromatic carbocycles. The van der Waals surface area contributed by atoms with E-state index in [1.165, 1.54) is 12.3 Å². The van der Waals surface area contributed by atoms with Crippen LogP contribution in [0.4, 0.5) is 5.69 Å². The molecular formula is C14H15Cl2N3O. The van der Waals surface area contributed by atoms with Crippen molar-refractivity contribution < 1.29 is 4.79 Å². The maximum atomic E-state index is 11.9. The van der Waals surface area contributed by atoms with Gasteiger partial charge >= 0.3 is 0 Å². The molecule has 0 bridgehead atoms. The zero-order valence-electron chi connectivity index (χ0n) is 11.0. The van der Waals surface area contributed by atoms with E-state index in [4.69, 9.17) is 28.5 Å². The number of anilines is 1. The standard InChI is InChI=1S/C14H15Cl2N3O/c1-2-3-6-18-9-10(8-17)14(20)19-13-5-4-11(15)7-12(13)16/h4-5,7,9,18H,2-3,6H2,1H3,(H,19,20)/b10-9-. The summed E-state index contributed by atoms with van der Waals surface area (Å²) in [6, 6.07) is 6.56. The number of nitrogens with one attached hydrogen (secondary N) is 2. The minimum atomic E-state index is -0.513. The van der Waals surface area contributed by atoms with E-state index in [1.54, 1.807) is 12.1 Å². The fraction of sp³-hybridized carbons (Fsp3) is 0.286. The van der Waals surface area contributed by atoms with Crippen molar-refractivity contribution in [2.75, 3.05) is 11.9 Å². The predicted octanol–water partition coefficient (Wildman–Crippen LogP) is 3.73. The lowest BCUT2D eigenvalue weighted by Crippen LogP contribution is -2.17. The molecule has 0 aliphatic rings. The number of hydrogen-bond acceptors (Lipinski definition) is 3. The number of carbonyl (C=O) groups is 1. The largest absolute Gasteiger partial charge is 0.390 e. The highest BCUT2D eigenvalue weighted by molar-refractivity contribution is 6.36. The molecule has 1 rings (SSSR count). The molecule has 0 unspecified atom stereocenters. The van der Waals surface area contributed by atoms with E-state index >= 15 is 0 Å². The van der Waals surface area contributed by atoms with E-state index in [-0.39, 0.29) is 5.57 Å². The topological polar surface area (TPSA) is 64.9 Å². The Balaban J connectivity index is 2.70. The van der Waals surface area contributed by atoms with Gasteiger partial charge in [-0.1, -0.05) is 36.5 Å². The molecule has 0 radical (unpaired) electrons. The highest BCUT2D eigenvalue weighted by atomic mass is 35.5. The molecule has 6 heteroatoms. The molecule has 1 aromatic rings. The highest BCUT2D eigenvalue weighted by Crippen LogP contribution is 2.25. The summed E-state index contributed by atoms with van der Waals surface area (Å²) >= 11 is 11.7. The van der Waals surface area contributed by atoms with Crippen LogP contribution in [0, 0.1) is 11.3 Å². The van der Waals surface area contributed by atoms with Crippen LogP contribution in [-0.2, 0) is 4.79 Å². The Labute approximate surface area is 128 Å². The van der Waals surface area contributed by atoms with Crippen molar-refractivity contribution in [2.45, 2.75) is 19.8 Å². The Bertz CT molecular complexity index is 550. The summed E-state index contributed by atoms with van der Waals surface area (Å²) < 4.78 is 0. The Hall–Kier alpha value is -1.70. The van der Waals surface area contributed by atoms with Crippen LogP contribution >= 0.6 is 23.2 Å². The zero-order valence-corrected chi connectivity index (χ0v) is 12.6. The molecule has 0 aliphatic carbocycles. The van der Waals surface area contributed by atoms with Gasteiger partial charge in [0.05, 0.1) is 10.7 Å². The fourth-order valence-corrected chi connectivity index (χ4v) is 1.84. The van der Waals surface area contributed by atoms with Gasteiger partial charge in [-0.15, -0.1) is 0 Å².